The lowest BCUT2D eigenvalue weighted by Crippen LogP contribution is -2.48. The molecule has 0 saturated carbocycles. The second-order valence-corrected chi connectivity index (χ2v) is 6.05. The molecule has 0 radical (unpaired) electrons. The summed E-state index contributed by atoms with van der Waals surface area (Å²) in [6, 6.07) is 9.90. The topological polar surface area (TPSA) is 56.8 Å². The fourth-order valence-electron chi connectivity index (χ4n) is 2.66. The highest BCUT2D eigenvalue weighted by atomic mass is 35.5. The second kappa shape index (κ2) is 7.73. The van der Waals surface area contributed by atoms with Gasteiger partial charge in [-0.05, 0) is 12.5 Å². The van der Waals surface area contributed by atoms with Crippen molar-refractivity contribution < 1.29 is 19.0 Å². The van der Waals surface area contributed by atoms with Gasteiger partial charge in [0.05, 0.1) is 18.2 Å². The summed E-state index contributed by atoms with van der Waals surface area (Å²) in [7, 11) is 0. The maximum Gasteiger partial charge on any atom is 0.337 e. The van der Waals surface area contributed by atoms with Crippen molar-refractivity contribution in [1.82, 2.24) is 5.32 Å². The first kappa shape index (κ1) is 16.9. The molecule has 5 nitrogen and oxygen atoms in total. The van der Waals surface area contributed by atoms with Crippen LogP contribution in [0.2, 0.25) is 0 Å². The number of carbonyl (C=O) groups is 1. The number of morpholine rings is 1. The zero-order chi connectivity index (χ0) is 16.9. The molecule has 1 saturated heterocycles. The summed E-state index contributed by atoms with van der Waals surface area (Å²) >= 11 is 6.34. The Balaban J connectivity index is 1.62. The first-order valence-electron chi connectivity index (χ1n) is 8.00. The van der Waals surface area contributed by atoms with Crippen LogP contribution in [-0.4, -0.2) is 31.3 Å². The van der Waals surface area contributed by atoms with E-state index in [0.717, 1.165) is 11.3 Å². The molecule has 0 amide bonds. The highest BCUT2D eigenvalue weighted by Crippen LogP contribution is 2.31. The van der Waals surface area contributed by atoms with Crippen molar-refractivity contribution in [2.24, 2.45) is 0 Å². The van der Waals surface area contributed by atoms with Crippen molar-refractivity contribution >= 4 is 17.6 Å². The Morgan fingerprint density at radius 2 is 2.17 bits per heavy atom. The van der Waals surface area contributed by atoms with E-state index in [2.05, 4.69) is 5.32 Å². The molecule has 2 aliphatic rings. The summed E-state index contributed by atoms with van der Waals surface area (Å²) in [6.45, 7) is 2.94. The van der Waals surface area contributed by atoms with Crippen LogP contribution in [0.15, 0.2) is 52.9 Å². The van der Waals surface area contributed by atoms with Gasteiger partial charge in [-0.2, -0.15) is 0 Å². The van der Waals surface area contributed by atoms with Gasteiger partial charge >= 0.3 is 5.97 Å². The van der Waals surface area contributed by atoms with Gasteiger partial charge in [-0.1, -0.05) is 41.9 Å². The molecular formula is C18H20ClNO4. The van der Waals surface area contributed by atoms with E-state index in [4.69, 9.17) is 25.8 Å². The molecule has 1 aromatic rings. The number of nitrogens with one attached hydrogen (secondary N) is 1. The van der Waals surface area contributed by atoms with Crippen LogP contribution in [0, 0.1) is 0 Å². The Hall–Kier alpha value is -1.98. The van der Waals surface area contributed by atoms with Crippen LogP contribution in [-0.2, 0) is 25.6 Å². The predicted octanol–water partition coefficient (Wildman–Crippen LogP) is 2.86. The number of hydrogen-bond acceptors (Lipinski definition) is 5. The average Bonchev–Trinajstić information content (AvgIpc) is 2.60. The third-order valence-corrected chi connectivity index (χ3v) is 4.21. The SMILES string of the molecule is CCOC(=O)C1CNC2=CC(OCc3ccccc3)=C(Cl)CC2O1. The van der Waals surface area contributed by atoms with Crippen LogP contribution >= 0.6 is 11.6 Å². The van der Waals surface area contributed by atoms with Crippen LogP contribution in [0.1, 0.15) is 18.9 Å². The lowest BCUT2D eigenvalue weighted by atomic mass is 10.0. The van der Waals surface area contributed by atoms with Gasteiger partial charge in [-0.25, -0.2) is 4.79 Å². The minimum Gasteiger partial charge on any atom is -0.488 e. The fourth-order valence-corrected chi connectivity index (χ4v) is 2.91. The molecule has 3 rings (SSSR count). The van der Waals surface area contributed by atoms with Gasteiger partial charge in [0, 0.05) is 18.2 Å². The van der Waals surface area contributed by atoms with Crippen molar-refractivity contribution in [3.63, 3.8) is 0 Å². The van der Waals surface area contributed by atoms with E-state index in [1.165, 1.54) is 0 Å². The molecule has 24 heavy (non-hydrogen) atoms. The van der Waals surface area contributed by atoms with Gasteiger partial charge in [0.1, 0.15) is 18.5 Å². The third-order valence-electron chi connectivity index (χ3n) is 3.87. The van der Waals surface area contributed by atoms with Crippen molar-refractivity contribution in [1.29, 1.82) is 0 Å². The maximum atomic E-state index is 11.8. The molecule has 2 unspecified atom stereocenters. The number of rotatable bonds is 5. The maximum absolute atomic E-state index is 11.8. The highest BCUT2D eigenvalue weighted by Gasteiger charge is 2.34. The van der Waals surface area contributed by atoms with Crippen molar-refractivity contribution in [2.75, 3.05) is 13.2 Å². The molecule has 1 N–H and O–H groups in total. The van der Waals surface area contributed by atoms with E-state index >= 15 is 0 Å². The molecular weight excluding hydrogens is 330 g/mol. The van der Waals surface area contributed by atoms with E-state index in [1.807, 2.05) is 36.4 Å². The summed E-state index contributed by atoms with van der Waals surface area (Å²) in [5.74, 6) is 0.285. The van der Waals surface area contributed by atoms with E-state index in [1.54, 1.807) is 6.92 Å². The Labute approximate surface area is 146 Å². The number of carbonyl (C=O) groups excluding carboxylic acids is 1. The highest BCUT2D eigenvalue weighted by molar-refractivity contribution is 6.30. The summed E-state index contributed by atoms with van der Waals surface area (Å²) in [5.41, 5.74) is 1.95. The first-order chi connectivity index (χ1) is 11.7. The molecule has 0 aromatic heterocycles. The molecule has 128 valence electrons. The minimum atomic E-state index is -0.608. The van der Waals surface area contributed by atoms with E-state index in [0.29, 0.717) is 37.0 Å². The lowest BCUT2D eigenvalue weighted by molar-refractivity contribution is -0.161. The summed E-state index contributed by atoms with van der Waals surface area (Å²) < 4.78 is 16.6. The molecule has 1 aromatic carbocycles. The van der Waals surface area contributed by atoms with Gasteiger partial charge in [0.15, 0.2) is 6.10 Å². The first-order valence-corrected chi connectivity index (χ1v) is 8.38. The summed E-state index contributed by atoms with van der Waals surface area (Å²) in [6.07, 6.45) is 1.44. The molecule has 1 aliphatic heterocycles. The monoisotopic (exact) mass is 349 g/mol. The molecule has 1 aliphatic carbocycles. The van der Waals surface area contributed by atoms with Crippen molar-refractivity contribution in [3.05, 3.63) is 58.5 Å². The smallest absolute Gasteiger partial charge is 0.337 e. The largest absolute Gasteiger partial charge is 0.488 e. The lowest BCUT2D eigenvalue weighted by Gasteiger charge is -2.34. The molecule has 1 heterocycles. The normalized spacial score (nSPS) is 23.0. The predicted molar refractivity (Wildman–Crippen MR) is 90.1 cm³/mol. The van der Waals surface area contributed by atoms with Gasteiger partial charge in [0.25, 0.3) is 0 Å². The Kier molecular flexibility index (Phi) is 5.43. The van der Waals surface area contributed by atoms with Gasteiger partial charge in [-0.15, -0.1) is 0 Å². The number of fused-ring (bicyclic) bond motifs is 1. The second-order valence-electron chi connectivity index (χ2n) is 5.59. The summed E-state index contributed by atoms with van der Waals surface area (Å²) in [4.78, 5) is 11.8. The minimum absolute atomic E-state index is 0.273. The molecule has 0 spiro atoms. The van der Waals surface area contributed by atoms with E-state index < -0.39 is 6.10 Å². The molecule has 0 bridgehead atoms. The summed E-state index contributed by atoms with van der Waals surface area (Å²) in [5, 5.41) is 3.81. The number of esters is 1. The molecule has 1 fully saturated rings. The van der Waals surface area contributed by atoms with Gasteiger partial charge < -0.3 is 19.5 Å². The van der Waals surface area contributed by atoms with Crippen molar-refractivity contribution in [2.45, 2.75) is 32.2 Å². The number of ether oxygens (including phenoxy) is 3. The van der Waals surface area contributed by atoms with Crippen LogP contribution in [0.3, 0.4) is 0 Å². The zero-order valence-electron chi connectivity index (χ0n) is 13.5. The number of allylic oxidation sites excluding steroid dienone is 1. The Bertz CT molecular complexity index is 656. The van der Waals surface area contributed by atoms with Gasteiger partial charge in [-0.3, -0.25) is 0 Å². The van der Waals surface area contributed by atoms with Crippen LogP contribution in [0.4, 0.5) is 0 Å². The standard InChI is InChI=1S/C18H20ClNO4/c1-2-22-18(21)17-10-20-14-9-15(13(19)8-16(14)24-17)23-11-12-6-4-3-5-7-12/h3-7,9,16-17,20H,2,8,10-11H2,1H3. The Morgan fingerprint density at radius 3 is 2.92 bits per heavy atom. The Morgan fingerprint density at radius 1 is 1.38 bits per heavy atom. The van der Waals surface area contributed by atoms with Crippen LogP contribution in [0.5, 0.6) is 0 Å². The fraction of sp³-hybridized carbons (Fsp3) is 0.389. The van der Waals surface area contributed by atoms with E-state index in [-0.39, 0.29) is 12.1 Å². The van der Waals surface area contributed by atoms with Gasteiger partial charge in [0.2, 0.25) is 0 Å². The number of hydrogen-bond donors (Lipinski definition) is 1. The third kappa shape index (κ3) is 3.91. The number of halogens is 1. The van der Waals surface area contributed by atoms with Crippen molar-refractivity contribution in [3.8, 4) is 0 Å². The van der Waals surface area contributed by atoms with Crippen LogP contribution < -0.4 is 5.32 Å². The van der Waals surface area contributed by atoms with Crippen LogP contribution in [0.25, 0.3) is 0 Å². The zero-order valence-corrected chi connectivity index (χ0v) is 14.2. The van der Waals surface area contributed by atoms with E-state index in [9.17, 15) is 4.79 Å². The molecule has 6 heteroatoms. The molecule has 2 atom stereocenters. The quantitative estimate of drug-likeness (QED) is 0.828. The average molecular weight is 350 g/mol. The number of benzene rings is 1.